The van der Waals surface area contributed by atoms with E-state index in [1.54, 1.807) is 6.92 Å². The molecule has 0 radical (unpaired) electrons. The van der Waals surface area contributed by atoms with Crippen molar-refractivity contribution < 1.29 is 9.53 Å². The predicted molar refractivity (Wildman–Crippen MR) is 51.2 cm³/mol. The second-order valence-electron chi connectivity index (χ2n) is 3.74. The molecule has 1 aliphatic carbocycles. The highest BCUT2D eigenvalue weighted by atomic mass is 16.5. The minimum Gasteiger partial charge on any atom is -0.376 e. The van der Waals surface area contributed by atoms with Crippen molar-refractivity contribution in [3.8, 4) is 11.8 Å². The highest BCUT2D eigenvalue weighted by molar-refractivity contribution is 5.93. The molecule has 4 heteroatoms. The number of ether oxygens (including phenoxy) is 1. The molecule has 0 bridgehead atoms. The van der Waals surface area contributed by atoms with Gasteiger partial charge < -0.3 is 15.8 Å². The third kappa shape index (κ3) is 1.39. The third-order valence-corrected chi connectivity index (χ3v) is 2.98. The Bertz CT molecular complexity index is 305. The molecule has 1 saturated heterocycles. The molecule has 3 N–H and O–H groups in total. The fraction of sp³-hybridized carbons (Fsp3) is 0.700. The minimum absolute atomic E-state index is 0.0325. The van der Waals surface area contributed by atoms with Crippen molar-refractivity contribution in [1.82, 2.24) is 5.32 Å². The maximum atomic E-state index is 11.2. The van der Waals surface area contributed by atoms with Gasteiger partial charge in [0.2, 0.25) is 0 Å². The summed E-state index contributed by atoms with van der Waals surface area (Å²) in [5, 5.41) is 2.78. The summed E-state index contributed by atoms with van der Waals surface area (Å²) < 4.78 is 5.47. The van der Waals surface area contributed by atoms with Gasteiger partial charge in [-0.05, 0) is 19.3 Å². The quantitative estimate of drug-likeness (QED) is 0.539. The van der Waals surface area contributed by atoms with Crippen LogP contribution in [0.5, 0.6) is 0 Å². The Morgan fingerprint density at radius 2 is 2.43 bits per heavy atom. The van der Waals surface area contributed by atoms with Gasteiger partial charge in [-0.2, -0.15) is 0 Å². The standard InChI is InChI=1S/C10H14N2O2/c1-2-3-7(13)12-9-8(11)6-4-5-14-10(6)9/h6,8-10H,4-5,11H2,1H3,(H,12,13). The average molecular weight is 194 g/mol. The molecule has 1 amide bonds. The summed E-state index contributed by atoms with van der Waals surface area (Å²) >= 11 is 0. The maximum absolute atomic E-state index is 11.2. The highest BCUT2D eigenvalue weighted by Gasteiger charge is 2.52. The predicted octanol–water partition coefficient (Wildman–Crippen LogP) is -0.759. The topological polar surface area (TPSA) is 64.4 Å². The Hall–Kier alpha value is -1.05. The number of carbonyl (C=O) groups is 1. The summed E-state index contributed by atoms with van der Waals surface area (Å²) in [6, 6.07) is -0.0130. The van der Waals surface area contributed by atoms with Crippen LogP contribution in [-0.2, 0) is 9.53 Å². The molecule has 2 aliphatic rings. The van der Waals surface area contributed by atoms with Crippen LogP contribution >= 0.6 is 0 Å². The van der Waals surface area contributed by atoms with Crippen LogP contribution in [0.25, 0.3) is 0 Å². The van der Waals surface area contributed by atoms with E-state index < -0.39 is 0 Å². The van der Waals surface area contributed by atoms with Gasteiger partial charge in [0.25, 0.3) is 5.91 Å². The van der Waals surface area contributed by atoms with Crippen LogP contribution in [0.3, 0.4) is 0 Å². The van der Waals surface area contributed by atoms with Crippen LogP contribution in [0.1, 0.15) is 13.3 Å². The summed E-state index contributed by atoms with van der Waals surface area (Å²) in [5.41, 5.74) is 5.91. The lowest BCUT2D eigenvalue weighted by atomic mass is 9.72. The van der Waals surface area contributed by atoms with Gasteiger partial charge >= 0.3 is 0 Å². The molecular formula is C10H14N2O2. The van der Waals surface area contributed by atoms with Crippen LogP contribution in [0.2, 0.25) is 0 Å². The van der Waals surface area contributed by atoms with Gasteiger partial charge in [-0.3, -0.25) is 4.79 Å². The van der Waals surface area contributed by atoms with E-state index in [2.05, 4.69) is 17.2 Å². The SMILES string of the molecule is CC#CC(=O)NC1C(N)C2CCOC21. The molecule has 1 heterocycles. The van der Waals surface area contributed by atoms with Crippen molar-refractivity contribution in [3.05, 3.63) is 0 Å². The van der Waals surface area contributed by atoms with Crippen LogP contribution in [-0.4, -0.2) is 30.7 Å². The molecule has 14 heavy (non-hydrogen) atoms. The number of nitrogens with two attached hydrogens (primary N) is 1. The minimum atomic E-state index is -0.262. The zero-order valence-electron chi connectivity index (χ0n) is 8.12. The third-order valence-electron chi connectivity index (χ3n) is 2.98. The first kappa shape index (κ1) is 9.50. The molecule has 4 atom stereocenters. The fourth-order valence-corrected chi connectivity index (χ4v) is 2.23. The summed E-state index contributed by atoms with van der Waals surface area (Å²) in [7, 11) is 0. The van der Waals surface area contributed by atoms with Crippen LogP contribution in [0.4, 0.5) is 0 Å². The Morgan fingerprint density at radius 3 is 3.14 bits per heavy atom. The fourth-order valence-electron chi connectivity index (χ4n) is 2.23. The van der Waals surface area contributed by atoms with Crippen molar-refractivity contribution in [2.45, 2.75) is 31.5 Å². The first-order valence-electron chi connectivity index (χ1n) is 4.84. The number of nitrogens with one attached hydrogen (secondary N) is 1. The molecule has 76 valence electrons. The Kier molecular flexibility index (Phi) is 2.44. The molecule has 0 aromatic carbocycles. The average Bonchev–Trinajstić information content (AvgIpc) is 2.59. The van der Waals surface area contributed by atoms with Crippen molar-refractivity contribution in [3.63, 3.8) is 0 Å². The number of rotatable bonds is 1. The van der Waals surface area contributed by atoms with E-state index >= 15 is 0 Å². The lowest BCUT2D eigenvalue weighted by Gasteiger charge is -2.45. The van der Waals surface area contributed by atoms with Gasteiger partial charge in [0.15, 0.2) is 0 Å². The van der Waals surface area contributed by atoms with E-state index in [1.807, 2.05) is 0 Å². The first-order valence-corrected chi connectivity index (χ1v) is 4.84. The van der Waals surface area contributed by atoms with Crippen LogP contribution in [0.15, 0.2) is 0 Å². The number of amides is 1. The lowest BCUT2D eigenvalue weighted by Crippen LogP contribution is -2.68. The van der Waals surface area contributed by atoms with Gasteiger partial charge in [-0.1, -0.05) is 5.92 Å². The van der Waals surface area contributed by atoms with Gasteiger partial charge in [0, 0.05) is 18.6 Å². The summed E-state index contributed by atoms with van der Waals surface area (Å²) in [6.07, 6.45) is 1.13. The molecule has 0 aromatic heterocycles. The van der Waals surface area contributed by atoms with E-state index in [-0.39, 0.29) is 24.1 Å². The molecule has 2 rings (SSSR count). The summed E-state index contributed by atoms with van der Waals surface area (Å²) in [6.45, 7) is 2.39. The van der Waals surface area contributed by atoms with E-state index in [0.717, 1.165) is 13.0 Å². The van der Waals surface area contributed by atoms with E-state index in [1.165, 1.54) is 0 Å². The molecular weight excluding hydrogens is 180 g/mol. The van der Waals surface area contributed by atoms with E-state index in [0.29, 0.717) is 5.92 Å². The molecule has 0 aromatic rings. The molecule has 1 saturated carbocycles. The van der Waals surface area contributed by atoms with E-state index in [9.17, 15) is 4.79 Å². The largest absolute Gasteiger partial charge is 0.376 e. The second kappa shape index (κ2) is 3.60. The zero-order valence-corrected chi connectivity index (χ0v) is 8.12. The number of fused-ring (bicyclic) bond motifs is 1. The first-order chi connectivity index (χ1) is 6.74. The molecule has 0 spiro atoms. The van der Waals surface area contributed by atoms with Crippen molar-refractivity contribution in [2.24, 2.45) is 11.7 Å². The van der Waals surface area contributed by atoms with Crippen molar-refractivity contribution in [1.29, 1.82) is 0 Å². The Morgan fingerprint density at radius 1 is 1.64 bits per heavy atom. The molecule has 1 aliphatic heterocycles. The van der Waals surface area contributed by atoms with Crippen molar-refractivity contribution in [2.75, 3.05) is 6.61 Å². The summed E-state index contributed by atoms with van der Waals surface area (Å²) in [4.78, 5) is 11.2. The second-order valence-corrected chi connectivity index (χ2v) is 3.74. The number of carbonyl (C=O) groups excluding carboxylic acids is 1. The number of hydrogen-bond acceptors (Lipinski definition) is 3. The van der Waals surface area contributed by atoms with Gasteiger partial charge in [0.1, 0.15) is 0 Å². The number of hydrogen-bond donors (Lipinski definition) is 2. The molecule has 4 nitrogen and oxygen atoms in total. The van der Waals surface area contributed by atoms with Gasteiger partial charge in [-0.25, -0.2) is 0 Å². The molecule has 2 fully saturated rings. The zero-order chi connectivity index (χ0) is 10.1. The normalized spacial score (nSPS) is 39.0. The summed E-state index contributed by atoms with van der Waals surface area (Å²) in [5.74, 6) is 5.15. The van der Waals surface area contributed by atoms with Crippen LogP contribution < -0.4 is 11.1 Å². The van der Waals surface area contributed by atoms with E-state index in [4.69, 9.17) is 10.5 Å². The maximum Gasteiger partial charge on any atom is 0.296 e. The van der Waals surface area contributed by atoms with Gasteiger partial charge in [0.05, 0.1) is 12.1 Å². The monoisotopic (exact) mass is 194 g/mol. The van der Waals surface area contributed by atoms with Crippen LogP contribution in [0, 0.1) is 17.8 Å². The molecule has 4 unspecified atom stereocenters. The van der Waals surface area contributed by atoms with Gasteiger partial charge in [-0.15, -0.1) is 0 Å². The smallest absolute Gasteiger partial charge is 0.296 e. The lowest BCUT2D eigenvalue weighted by molar-refractivity contribution is -0.120. The highest BCUT2D eigenvalue weighted by Crippen LogP contribution is 2.37. The Labute approximate surface area is 83.2 Å². The van der Waals surface area contributed by atoms with Crippen molar-refractivity contribution >= 4 is 5.91 Å². The Balaban J connectivity index is 1.92.